The molecule has 31 heavy (non-hydrogen) atoms. The predicted molar refractivity (Wildman–Crippen MR) is 133 cm³/mol. The van der Waals surface area contributed by atoms with E-state index >= 15 is 0 Å². The molecule has 6 atom stereocenters. The van der Waals surface area contributed by atoms with Crippen molar-refractivity contribution in [1.29, 1.82) is 0 Å². The highest BCUT2D eigenvalue weighted by molar-refractivity contribution is 6.74. The number of ether oxygens (including phenoxy) is 2. The van der Waals surface area contributed by atoms with Crippen LogP contribution >= 0.6 is 0 Å². The summed E-state index contributed by atoms with van der Waals surface area (Å²) in [6, 6.07) is 0. The molecule has 2 saturated carbocycles. The van der Waals surface area contributed by atoms with Gasteiger partial charge in [-0.25, -0.2) is 0 Å². The Morgan fingerprint density at radius 2 is 1.32 bits per heavy atom. The van der Waals surface area contributed by atoms with E-state index in [2.05, 4.69) is 47.0 Å². The Kier molecular flexibility index (Phi) is 14.4. The van der Waals surface area contributed by atoms with Gasteiger partial charge in [-0.3, -0.25) is 0 Å². The van der Waals surface area contributed by atoms with Crippen molar-refractivity contribution in [3.05, 3.63) is 25.3 Å². The van der Waals surface area contributed by atoms with Crippen molar-refractivity contribution in [3.63, 3.8) is 0 Å². The van der Waals surface area contributed by atoms with Crippen LogP contribution in [0.25, 0.3) is 0 Å². The van der Waals surface area contributed by atoms with E-state index in [1.54, 1.807) is 14.2 Å². The fraction of sp³-hybridized carbons (Fsp3) is 0.840. The maximum atomic E-state index is 8.91. The second-order valence-corrected chi connectivity index (χ2v) is 14.9. The maximum absolute atomic E-state index is 8.91. The van der Waals surface area contributed by atoms with Crippen molar-refractivity contribution in [2.75, 3.05) is 34.5 Å². The second kappa shape index (κ2) is 14.6. The van der Waals surface area contributed by atoms with E-state index in [1.807, 2.05) is 12.2 Å². The van der Waals surface area contributed by atoms with E-state index < -0.39 is 8.32 Å². The van der Waals surface area contributed by atoms with Crippen LogP contribution in [0, 0.1) is 23.7 Å². The molecular formula is C25H50O5Si. The summed E-state index contributed by atoms with van der Waals surface area (Å²) in [4.78, 5) is 0. The Hall–Kier alpha value is -0.503. The van der Waals surface area contributed by atoms with Crippen molar-refractivity contribution in [2.24, 2.45) is 23.7 Å². The molecule has 184 valence electrons. The van der Waals surface area contributed by atoms with Crippen LogP contribution in [0.4, 0.5) is 0 Å². The first-order chi connectivity index (χ1) is 14.6. The molecular weight excluding hydrogens is 408 g/mol. The fourth-order valence-electron chi connectivity index (χ4n) is 3.91. The number of aliphatic hydroxyl groups excluding tert-OH is 2. The van der Waals surface area contributed by atoms with Crippen molar-refractivity contribution in [3.8, 4) is 0 Å². The molecule has 6 heteroatoms. The summed E-state index contributed by atoms with van der Waals surface area (Å²) in [5.41, 5.74) is 0. The van der Waals surface area contributed by atoms with Crippen LogP contribution in [0.2, 0.25) is 18.1 Å². The Labute approximate surface area is 193 Å². The van der Waals surface area contributed by atoms with Gasteiger partial charge in [0.2, 0.25) is 0 Å². The Bertz CT molecular complexity index is 501. The number of aliphatic hydroxyl groups is 2. The SMILES string of the molecule is C=C[C@H](OC)[C@@H]1CC[C@H]1CO.C=C[C@H](OC)[C@@H]1CC[C@H]1CO[Si](C)(C)C(C)(C)C.CO. The van der Waals surface area contributed by atoms with E-state index in [1.165, 1.54) is 12.8 Å². The Morgan fingerprint density at radius 1 is 0.903 bits per heavy atom. The number of rotatable bonds is 10. The summed E-state index contributed by atoms with van der Waals surface area (Å²) < 4.78 is 17.0. The first-order valence-electron chi connectivity index (χ1n) is 11.6. The lowest BCUT2D eigenvalue weighted by molar-refractivity contribution is -0.0115. The molecule has 2 aliphatic rings. The average Bonchev–Trinajstić information content (AvgIpc) is 2.69. The van der Waals surface area contributed by atoms with E-state index in [0.717, 1.165) is 26.6 Å². The lowest BCUT2D eigenvalue weighted by Crippen LogP contribution is -2.45. The van der Waals surface area contributed by atoms with Crippen LogP contribution in [0.15, 0.2) is 25.3 Å². The fourth-order valence-corrected chi connectivity index (χ4v) is 4.98. The minimum atomic E-state index is -1.60. The van der Waals surface area contributed by atoms with Gasteiger partial charge in [0, 0.05) is 34.5 Å². The van der Waals surface area contributed by atoms with Gasteiger partial charge in [-0.15, -0.1) is 13.2 Å². The molecule has 0 radical (unpaired) electrons. The Balaban J connectivity index is 0.000000591. The van der Waals surface area contributed by atoms with Gasteiger partial charge in [-0.2, -0.15) is 0 Å². The molecule has 2 N–H and O–H groups in total. The highest BCUT2D eigenvalue weighted by atomic mass is 28.4. The number of methoxy groups -OCH3 is 2. The second-order valence-electron chi connectivity index (χ2n) is 10.1. The van der Waals surface area contributed by atoms with Gasteiger partial charge in [-0.05, 0) is 67.5 Å². The highest BCUT2D eigenvalue weighted by Crippen LogP contribution is 2.42. The zero-order valence-corrected chi connectivity index (χ0v) is 22.4. The minimum Gasteiger partial charge on any atom is -0.417 e. The van der Waals surface area contributed by atoms with Gasteiger partial charge < -0.3 is 24.1 Å². The third-order valence-corrected chi connectivity index (χ3v) is 12.0. The summed E-state index contributed by atoms with van der Waals surface area (Å²) in [5.74, 6) is 2.21. The molecule has 2 rings (SSSR count). The first-order valence-corrected chi connectivity index (χ1v) is 14.5. The monoisotopic (exact) mass is 458 g/mol. The van der Waals surface area contributed by atoms with Crippen molar-refractivity contribution >= 4 is 8.32 Å². The van der Waals surface area contributed by atoms with Gasteiger partial charge >= 0.3 is 0 Å². The lowest BCUT2D eigenvalue weighted by atomic mass is 9.71. The molecule has 0 amide bonds. The van der Waals surface area contributed by atoms with Crippen LogP contribution in [-0.4, -0.2) is 65.3 Å². The lowest BCUT2D eigenvalue weighted by Gasteiger charge is -2.43. The van der Waals surface area contributed by atoms with E-state index in [0.29, 0.717) is 35.3 Å². The molecule has 0 aliphatic heterocycles. The number of hydrogen-bond acceptors (Lipinski definition) is 5. The smallest absolute Gasteiger partial charge is 0.191 e. The van der Waals surface area contributed by atoms with E-state index in [-0.39, 0.29) is 12.2 Å². The zero-order chi connectivity index (χ0) is 24.2. The number of hydrogen-bond donors (Lipinski definition) is 2. The van der Waals surface area contributed by atoms with Crippen LogP contribution in [-0.2, 0) is 13.9 Å². The topological polar surface area (TPSA) is 68.2 Å². The molecule has 0 unspecified atom stereocenters. The molecule has 0 aromatic rings. The molecule has 0 heterocycles. The summed E-state index contributed by atoms with van der Waals surface area (Å²) in [6.45, 7) is 20.3. The summed E-state index contributed by atoms with van der Waals surface area (Å²) >= 11 is 0. The minimum absolute atomic E-state index is 0.140. The molecule has 2 fully saturated rings. The maximum Gasteiger partial charge on any atom is 0.191 e. The van der Waals surface area contributed by atoms with Gasteiger partial charge in [0.25, 0.3) is 0 Å². The van der Waals surface area contributed by atoms with Crippen LogP contribution in [0.1, 0.15) is 46.5 Å². The molecule has 0 bridgehead atoms. The molecule has 0 spiro atoms. The van der Waals surface area contributed by atoms with Gasteiger partial charge in [0.05, 0.1) is 12.2 Å². The molecule has 5 nitrogen and oxygen atoms in total. The summed E-state index contributed by atoms with van der Waals surface area (Å²) in [5, 5.41) is 16.2. The normalized spacial score (nSPS) is 27.2. The zero-order valence-electron chi connectivity index (χ0n) is 21.4. The van der Waals surface area contributed by atoms with Gasteiger partial charge in [-0.1, -0.05) is 32.9 Å². The van der Waals surface area contributed by atoms with E-state index in [9.17, 15) is 0 Å². The van der Waals surface area contributed by atoms with Crippen molar-refractivity contribution in [2.45, 2.75) is 76.8 Å². The summed E-state index contributed by atoms with van der Waals surface area (Å²) in [6.07, 6.45) is 8.91. The third kappa shape index (κ3) is 8.75. The molecule has 0 aromatic heterocycles. The highest BCUT2D eigenvalue weighted by Gasteiger charge is 2.41. The van der Waals surface area contributed by atoms with Gasteiger partial charge in [0.1, 0.15) is 0 Å². The quantitative estimate of drug-likeness (QED) is 0.354. The van der Waals surface area contributed by atoms with Crippen LogP contribution in [0.3, 0.4) is 0 Å². The first kappa shape index (κ1) is 30.5. The van der Waals surface area contributed by atoms with Crippen molar-refractivity contribution < 1.29 is 24.1 Å². The largest absolute Gasteiger partial charge is 0.417 e. The molecule has 0 aromatic carbocycles. The van der Waals surface area contributed by atoms with Crippen LogP contribution < -0.4 is 0 Å². The standard InChI is InChI=1S/C15H30O2Si.C9H16O2.CH4O/c1-8-14(16-5)13-10-9-12(13)11-17-18(6,7)15(2,3)4;1-3-9(11-2)8-5-4-7(8)6-10;1-2/h8,12-14H,1,9-11H2,2-7H3;3,7-10H,1,4-6H2,2H3;2H,1H3/t12-,13+,14-;7-,8+,9-;/m00./s1. The van der Waals surface area contributed by atoms with Crippen LogP contribution in [0.5, 0.6) is 0 Å². The average molecular weight is 459 g/mol. The van der Waals surface area contributed by atoms with E-state index in [4.69, 9.17) is 24.1 Å². The summed E-state index contributed by atoms with van der Waals surface area (Å²) in [7, 11) is 2.87. The molecule has 0 saturated heterocycles. The predicted octanol–water partition coefficient (Wildman–Crippen LogP) is 5.05. The van der Waals surface area contributed by atoms with Gasteiger partial charge in [0.15, 0.2) is 8.32 Å². The third-order valence-electron chi connectivity index (χ3n) is 7.50. The Morgan fingerprint density at radius 3 is 1.58 bits per heavy atom. The molecule has 2 aliphatic carbocycles. The van der Waals surface area contributed by atoms with Crippen molar-refractivity contribution in [1.82, 2.24) is 0 Å².